The highest BCUT2D eigenvalue weighted by atomic mass is 31.2. The predicted octanol–water partition coefficient (Wildman–Crippen LogP) is 22.2. The Morgan fingerprint density at radius 1 is 0.305 bits per heavy atom. The van der Waals surface area contributed by atoms with E-state index in [0.29, 0.717) is 25.7 Å². The molecule has 0 spiro atoms. The van der Waals surface area contributed by atoms with Crippen molar-refractivity contribution < 1.29 is 80.2 Å². The lowest BCUT2D eigenvalue weighted by Crippen LogP contribution is -2.30. The third kappa shape index (κ3) is 67.6. The fraction of sp³-hybridized carbons (Fsp3) is 0.947. The molecule has 0 aromatic rings. The smallest absolute Gasteiger partial charge is 0.462 e. The molecule has 7 atom stereocenters. The van der Waals surface area contributed by atoms with Crippen LogP contribution < -0.4 is 0 Å². The van der Waals surface area contributed by atoms with E-state index < -0.39 is 97.5 Å². The number of rotatable bonds is 74. The molecule has 0 bridgehead atoms. The zero-order valence-corrected chi connectivity index (χ0v) is 63.9. The van der Waals surface area contributed by atoms with Crippen LogP contribution in [0.3, 0.4) is 0 Å². The number of phosphoric acid groups is 2. The van der Waals surface area contributed by atoms with Crippen LogP contribution in [0.4, 0.5) is 0 Å². The lowest BCUT2D eigenvalue weighted by Gasteiger charge is -2.21. The van der Waals surface area contributed by atoms with Gasteiger partial charge in [-0.05, 0) is 43.4 Å². The Balaban J connectivity index is 5.23. The van der Waals surface area contributed by atoms with Crippen LogP contribution in [0, 0.1) is 17.8 Å². The van der Waals surface area contributed by atoms with Crippen LogP contribution in [0.5, 0.6) is 0 Å². The van der Waals surface area contributed by atoms with E-state index in [1.54, 1.807) is 0 Å². The Morgan fingerprint density at radius 2 is 0.537 bits per heavy atom. The summed E-state index contributed by atoms with van der Waals surface area (Å²) in [6.07, 6.45) is 52.9. The molecule has 0 aliphatic carbocycles. The van der Waals surface area contributed by atoms with Crippen molar-refractivity contribution in [1.29, 1.82) is 0 Å². The van der Waals surface area contributed by atoms with Gasteiger partial charge in [-0.25, -0.2) is 9.13 Å². The van der Waals surface area contributed by atoms with Crippen molar-refractivity contribution in [3.05, 3.63) is 0 Å². The Bertz CT molecular complexity index is 1860. The van der Waals surface area contributed by atoms with Gasteiger partial charge in [-0.3, -0.25) is 37.3 Å². The standard InChI is InChI=1S/C76H148O17P2/c1-8-11-12-13-14-15-16-17-18-19-20-21-26-29-32-35-45-52-59-75(80)92-71(63-86-73(78)57-50-43-34-31-28-25-23-22-24-27-30-33-40-47-54-67(4)5)65-90-94(82,83)88-61-70(77)62-89-95(84,85)91-66-72(93-76(81)60-53-46-39-37-42-49-56-69(7)10-3)64-87-74(79)58-51-44-38-36-41-48-55-68(6)9-2/h67-72,77H,8-66H2,1-7H3,(H,82,83)(H,84,85)/t68?,69?,70-,71-,72-/m1/s1. The molecule has 0 radical (unpaired) electrons. The van der Waals surface area contributed by atoms with Gasteiger partial charge in [0.2, 0.25) is 0 Å². The van der Waals surface area contributed by atoms with E-state index in [9.17, 15) is 43.2 Å². The van der Waals surface area contributed by atoms with E-state index in [-0.39, 0.29) is 25.7 Å². The molecule has 0 aromatic carbocycles. The van der Waals surface area contributed by atoms with Gasteiger partial charge in [-0.2, -0.15) is 0 Å². The average Bonchev–Trinajstić information content (AvgIpc) is 1.43. The molecule has 0 fully saturated rings. The second-order valence-electron chi connectivity index (χ2n) is 28.4. The van der Waals surface area contributed by atoms with Gasteiger partial charge in [0.25, 0.3) is 0 Å². The summed E-state index contributed by atoms with van der Waals surface area (Å²) in [6, 6.07) is 0. The predicted molar refractivity (Wildman–Crippen MR) is 386 cm³/mol. The van der Waals surface area contributed by atoms with Gasteiger partial charge in [-0.1, -0.05) is 337 Å². The molecule has 0 heterocycles. The van der Waals surface area contributed by atoms with Crippen LogP contribution in [0.2, 0.25) is 0 Å². The summed E-state index contributed by atoms with van der Waals surface area (Å²) in [5, 5.41) is 10.6. The van der Waals surface area contributed by atoms with Crippen LogP contribution in [-0.4, -0.2) is 96.7 Å². The molecule has 3 N–H and O–H groups in total. The van der Waals surface area contributed by atoms with Crippen molar-refractivity contribution in [1.82, 2.24) is 0 Å². The summed E-state index contributed by atoms with van der Waals surface area (Å²) in [4.78, 5) is 72.8. The van der Waals surface area contributed by atoms with Crippen molar-refractivity contribution in [3.8, 4) is 0 Å². The largest absolute Gasteiger partial charge is 0.472 e. The zero-order valence-electron chi connectivity index (χ0n) is 62.1. The first kappa shape index (κ1) is 93.1. The SMILES string of the molecule is CCCCCCCCCCCCCCCCCCCCC(=O)O[C@H](COC(=O)CCCCCCCCCCCCCCCCC(C)C)COP(=O)(O)OC[C@@H](O)COP(=O)(O)OC[C@@H](COC(=O)CCCCCCCCC(C)CC)OC(=O)CCCCCCCCC(C)CC. The molecule has 95 heavy (non-hydrogen) atoms. The Labute approximate surface area is 581 Å². The minimum absolute atomic E-state index is 0.102. The summed E-state index contributed by atoms with van der Waals surface area (Å²) >= 11 is 0. The number of phosphoric ester groups is 2. The Kier molecular flexibility index (Phi) is 65.2. The van der Waals surface area contributed by atoms with Gasteiger partial charge in [0.1, 0.15) is 19.3 Å². The van der Waals surface area contributed by atoms with E-state index in [1.165, 1.54) is 193 Å². The quantitative estimate of drug-likeness (QED) is 0.0222. The van der Waals surface area contributed by atoms with Gasteiger partial charge in [0, 0.05) is 25.7 Å². The van der Waals surface area contributed by atoms with E-state index in [1.807, 2.05) is 0 Å². The maximum atomic E-state index is 13.1. The highest BCUT2D eigenvalue weighted by molar-refractivity contribution is 7.47. The third-order valence-corrected chi connectivity index (χ3v) is 20.3. The number of carbonyl (C=O) groups is 4. The van der Waals surface area contributed by atoms with Crippen LogP contribution in [0.1, 0.15) is 389 Å². The Morgan fingerprint density at radius 3 is 0.800 bits per heavy atom. The molecule has 0 saturated carbocycles. The first-order valence-electron chi connectivity index (χ1n) is 39.4. The van der Waals surface area contributed by atoms with Crippen LogP contribution in [0.25, 0.3) is 0 Å². The number of hydrogen-bond acceptors (Lipinski definition) is 15. The van der Waals surface area contributed by atoms with Crippen LogP contribution in [0.15, 0.2) is 0 Å². The van der Waals surface area contributed by atoms with Crippen molar-refractivity contribution in [2.75, 3.05) is 39.6 Å². The number of ether oxygens (including phenoxy) is 4. The summed E-state index contributed by atoms with van der Waals surface area (Å²) in [6.45, 7) is 11.8. The number of hydrogen-bond donors (Lipinski definition) is 3. The van der Waals surface area contributed by atoms with Gasteiger partial charge in [0.15, 0.2) is 12.2 Å². The maximum absolute atomic E-state index is 13.1. The van der Waals surface area contributed by atoms with Crippen LogP contribution in [-0.2, 0) is 65.4 Å². The summed E-state index contributed by atoms with van der Waals surface area (Å²) in [7, 11) is -9.91. The normalized spacial score (nSPS) is 14.6. The molecule has 19 heteroatoms. The summed E-state index contributed by atoms with van der Waals surface area (Å²) < 4.78 is 68.5. The number of carbonyl (C=O) groups excluding carboxylic acids is 4. The number of esters is 4. The van der Waals surface area contributed by atoms with E-state index >= 15 is 0 Å². The molecular formula is C76H148O17P2. The molecule has 0 saturated heterocycles. The second kappa shape index (κ2) is 66.6. The van der Waals surface area contributed by atoms with Crippen molar-refractivity contribution in [2.45, 2.75) is 407 Å². The summed E-state index contributed by atoms with van der Waals surface area (Å²) in [5.41, 5.74) is 0. The minimum atomic E-state index is -4.96. The van der Waals surface area contributed by atoms with E-state index in [0.717, 1.165) is 114 Å². The fourth-order valence-electron chi connectivity index (χ4n) is 11.5. The lowest BCUT2D eigenvalue weighted by atomic mass is 10.00. The number of unbranched alkanes of at least 4 members (excludes halogenated alkanes) is 40. The molecule has 0 aliphatic rings. The highest BCUT2D eigenvalue weighted by Crippen LogP contribution is 2.45. The third-order valence-electron chi connectivity index (χ3n) is 18.4. The van der Waals surface area contributed by atoms with Crippen molar-refractivity contribution >= 4 is 39.5 Å². The summed E-state index contributed by atoms with van der Waals surface area (Å²) in [5.74, 6) is 0.128. The Hall–Kier alpha value is -1.94. The molecule has 0 aromatic heterocycles. The zero-order chi connectivity index (χ0) is 70.1. The highest BCUT2D eigenvalue weighted by Gasteiger charge is 2.30. The number of aliphatic hydroxyl groups is 1. The van der Waals surface area contributed by atoms with Crippen LogP contribution >= 0.6 is 15.6 Å². The molecule has 17 nitrogen and oxygen atoms in total. The lowest BCUT2D eigenvalue weighted by molar-refractivity contribution is -0.161. The van der Waals surface area contributed by atoms with Gasteiger partial charge < -0.3 is 33.8 Å². The monoisotopic (exact) mass is 1400 g/mol. The molecule has 0 rings (SSSR count). The second-order valence-corrected chi connectivity index (χ2v) is 31.3. The maximum Gasteiger partial charge on any atom is 0.472 e. The van der Waals surface area contributed by atoms with Gasteiger partial charge in [0.05, 0.1) is 26.4 Å². The molecule has 564 valence electrons. The molecule has 4 unspecified atom stereocenters. The minimum Gasteiger partial charge on any atom is -0.462 e. The topological polar surface area (TPSA) is 237 Å². The first-order chi connectivity index (χ1) is 45.8. The van der Waals surface area contributed by atoms with E-state index in [4.69, 9.17) is 37.0 Å². The number of aliphatic hydroxyl groups excluding tert-OH is 1. The average molecular weight is 1400 g/mol. The fourth-order valence-corrected chi connectivity index (χ4v) is 13.1. The molecular weight excluding hydrogens is 1250 g/mol. The van der Waals surface area contributed by atoms with Crippen molar-refractivity contribution in [2.24, 2.45) is 17.8 Å². The van der Waals surface area contributed by atoms with Crippen molar-refractivity contribution in [3.63, 3.8) is 0 Å². The van der Waals surface area contributed by atoms with E-state index in [2.05, 4.69) is 48.5 Å². The molecule has 0 aliphatic heterocycles. The molecule has 0 amide bonds. The first-order valence-corrected chi connectivity index (χ1v) is 42.4. The van der Waals surface area contributed by atoms with Gasteiger partial charge >= 0.3 is 39.5 Å². The van der Waals surface area contributed by atoms with Gasteiger partial charge in [-0.15, -0.1) is 0 Å².